The zero-order valence-electron chi connectivity index (χ0n) is 19.4. The molecule has 0 aromatic heterocycles. The lowest BCUT2D eigenvalue weighted by atomic mass is 9.41. The van der Waals surface area contributed by atoms with Gasteiger partial charge in [0.25, 0.3) is 0 Å². The fourth-order valence-electron chi connectivity index (χ4n) is 9.77. The second kappa shape index (κ2) is 6.73. The van der Waals surface area contributed by atoms with Gasteiger partial charge >= 0.3 is 0 Å². The van der Waals surface area contributed by atoms with Crippen LogP contribution in [-0.2, 0) is 4.74 Å². The fraction of sp³-hybridized carbons (Fsp3) is 1.00. The van der Waals surface area contributed by atoms with Crippen LogP contribution < -0.4 is 0 Å². The van der Waals surface area contributed by atoms with E-state index in [4.69, 9.17) is 4.74 Å². The average Bonchev–Trinajstić information content (AvgIpc) is 2.97. The SMILES string of the molecule is CC(C)CCC[C@@H](C)C1CCC2C3CC[C@@]45C[C@@H](CCC4(C)C3CCC21C)O5. The third-order valence-corrected chi connectivity index (χ3v) is 11.3. The molecule has 4 saturated carbocycles. The fourth-order valence-corrected chi connectivity index (χ4v) is 9.77. The van der Waals surface area contributed by atoms with Gasteiger partial charge in [-0.2, -0.15) is 0 Å². The molecule has 0 aromatic carbocycles. The predicted octanol–water partition coefficient (Wildman–Crippen LogP) is 7.63. The molecule has 1 spiro atoms. The number of ether oxygens (including phenoxy) is 1. The quantitative estimate of drug-likeness (QED) is 0.472. The van der Waals surface area contributed by atoms with Crippen LogP contribution in [-0.4, -0.2) is 11.7 Å². The zero-order chi connectivity index (χ0) is 19.7. The van der Waals surface area contributed by atoms with E-state index in [1.807, 2.05) is 0 Å². The van der Waals surface area contributed by atoms with Gasteiger partial charge in [-0.05, 0) is 97.7 Å². The third kappa shape index (κ3) is 2.66. The molecule has 0 aromatic rings. The van der Waals surface area contributed by atoms with Gasteiger partial charge in [0, 0.05) is 6.42 Å². The van der Waals surface area contributed by atoms with Crippen molar-refractivity contribution in [2.45, 2.75) is 123 Å². The number of fused-ring (bicyclic) bond motifs is 4. The maximum Gasteiger partial charge on any atom is 0.0767 e. The summed E-state index contributed by atoms with van der Waals surface area (Å²) in [5, 5.41) is 0. The molecule has 6 aliphatic rings. The second-order valence-corrected chi connectivity index (χ2v) is 12.8. The molecule has 28 heavy (non-hydrogen) atoms. The number of rotatable bonds is 5. The Morgan fingerprint density at radius 3 is 2.39 bits per heavy atom. The summed E-state index contributed by atoms with van der Waals surface area (Å²) >= 11 is 0. The predicted molar refractivity (Wildman–Crippen MR) is 117 cm³/mol. The molecule has 2 aliphatic heterocycles. The minimum atomic E-state index is 0.299. The molecule has 6 unspecified atom stereocenters. The Hall–Kier alpha value is -0.0400. The van der Waals surface area contributed by atoms with Crippen LogP contribution >= 0.6 is 0 Å². The first-order chi connectivity index (χ1) is 13.3. The summed E-state index contributed by atoms with van der Waals surface area (Å²) in [7, 11) is 0. The summed E-state index contributed by atoms with van der Waals surface area (Å²) in [5.74, 6) is 5.76. The molecule has 6 fully saturated rings. The van der Waals surface area contributed by atoms with Crippen LogP contribution in [0.1, 0.15) is 112 Å². The van der Waals surface area contributed by atoms with Gasteiger partial charge in [0.1, 0.15) is 0 Å². The molecule has 9 atom stereocenters. The van der Waals surface area contributed by atoms with Gasteiger partial charge in [-0.1, -0.05) is 53.9 Å². The van der Waals surface area contributed by atoms with E-state index < -0.39 is 0 Å². The van der Waals surface area contributed by atoms with Gasteiger partial charge in [0.15, 0.2) is 0 Å². The van der Waals surface area contributed by atoms with Crippen molar-refractivity contribution in [1.82, 2.24) is 0 Å². The Bertz CT molecular complexity index is 589. The van der Waals surface area contributed by atoms with Gasteiger partial charge in [0.2, 0.25) is 0 Å². The van der Waals surface area contributed by atoms with Crippen molar-refractivity contribution in [3.05, 3.63) is 0 Å². The largest absolute Gasteiger partial charge is 0.371 e. The molecular formula is C27H46O. The molecule has 160 valence electrons. The van der Waals surface area contributed by atoms with E-state index in [0.717, 1.165) is 35.5 Å². The van der Waals surface area contributed by atoms with Crippen molar-refractivity contribution in [2.75, 3.05) is 0 Å². The maximum atomic E-state index is 6.58. The van der Waals surface area contributed by atoms with Crippen LogP contribution in [0.4, 0.5) is 0 Å². The Kier molecular flexibility index (Phi) is 4.78. The first kappa shape index (κ1) is 19.9. The molecule has 0 amide bonds. The van der Waals surface area contributed by atoms with Crippen LogP contribution in [0.15, 0.2) is 0 Å². The third-order valence-electron chi connectivity index (χ3n) is 11.3. The van der Waals surface area contributed by atoms with Crippen molar-refractivity contribution >= 4 is 0 Å². The summed E-state index contributed by atoms with van der Waals surface area (Å²) in [4.78, 5) is 0. The van der Waals surface area contributed by atoms with Gasteiger partial charge in [0.05, 0.1) is 11.7 Å². The molecule has 4 aliphatic carbocycles. The molecule has 2 bridgehead atoms. The lowest BCUT2D eigenvalue weighted by Crippen LogP contribution is -2.70. The average molecular weight is 387 g/mol. The molecule has 0 radical (unpaired) electrons. The van der Waals surface area contributed by atoms with Crippen molar-refractivity contribution < 1.29 is 4.74 Å². The van der Waals surface area contributed by atoms with Gasteiger partial charge < -0.3 is 4.74 Å². The van der Waals surface area contributed by atoms with Crippen LogP contribution in [0.3, 0.4) is 0 Å². The number of hydrogen-bond acceptors (Lipinski definition) is 1. The van der Waals surface area contributed by atoms with Crippen molar-refractivity contribution in [2.24, 2.45) is 46.3 Å². The van der Waals surface area contributed by atoms with E-state index in [1.54, 1.807) is 0 Å². The monoisotopic (exact) mass is 386 g/mol. The van der Waals surface area contributed by atoms with Gasteiger partial charge in [-0.3, -0.25) is 0 Å². The van der Waals surface area contributed by atoms with Crippen molar-refractivity contribution in [3.8, 4) is 0 Å². The summed E-state index contributed by atoms with van der Waals surface area (Å²) in [6.45, 7) is 12.8. The molecular weight excluding hydrogens is 340 g/mol. The number of hydrogen-bond donors (Lipinski definition) is 0. The maximum absolute atomic E-state index is 6.58. The lowest BCUT2D eigenvalue weighted by Gasteiger charge is -2.70. The molecule has 6 rings (SSSR count). The minimum absolute atomic E-state index is 0.299. The van der Waals surface area contributed by atoms with E-state index in [9.17, 15) is 0 Å². The highest BCUT2D eigenvalue weighted by molar-refractivity contribution is 5.18. The van der Waals surface area contributed by atoms with E-state index >= 15 is 0 Å². The lowest BCUT2D eigenvalue weighted by molar-refractivity contribution is -0.336. The standard InChI is InChI=1S/C27H46O/c1-18(2)7-6-8-19(3)22-9-10-23-21-12-16-27-17-20(28-27)11-15-26(27,5)24(21)13-14-25(22,23)4/h18-24H,6-17H2,1-5H3/t19-,20-,21?,22?,23?,24?,25?,26?,27-/m1/s1. The topological polar surface area (TPSA) is 9.23 Å². The molecule has 2 heterocycles. The molecule has 0 N–H and O–H groups in total. The molecule has 2 saturated heterocycles. The van der Waals surface area contributed by atoms with Crippen LogP contribution in [0.25, 0.3) is 0 Å². The Balaban J connectivity index is 1.31. The first-order valence-electron chi connectivity index (χ1n) is 13.0. The molecule has 1 nitrogen and oxygen atoms in total. The van der Waals surface area contributed by atoms with E-state index in [0.29, 0.717) is 22.5 Å². The summed E-state index contributed by atoms with van der Waals surface area (Å²) in [5.41, 5.74) is 1.43. The van der Waals surface area contributed by atoms with Gasteiger partial charge in [-0.15, -0.1) is 0 Å². The summed E-state index contributed by atoms with van der Waals surface area (Å²) < 4.78 is 6.58. The highest BCUT2D eigenvalue weighted by Crippen LogP contribution is 2.72. The zero-order valence-corrected chi connectivity index (χ0v) is 19.4. The van der Waals surface area contributed by atoms with Crippen molar-refractivity contribution in [3.63, 3.8) is 0 Å². The normalized spacial score (nSPS) is 53.1. The van der Waals surface area contributed by atoms with Crippen LogP contribution in [0, 0.1) is 46.3 Å². The Labute approximate surface area is 174 Å². The smallest absolute Gasteiger partial charge is 0.0767 e. The van der Waals surface area contributed by atoms with Crippen LogP contribution in [0.2, 0.25) is 0 Å². The van der Waals surface area contributed by atoms with Gasteiger partial charge in [-0.25, -0.2) is 0 Å². The highest BCUT2D eigenvalue weighted by Gasteiger charge is 2.69. The molecule has 1 heteroatoms. The van der Waals surface area contributed by atoms with Crippen LogP contribution in [0.5, 0.6) is 0 Å². The minimum Gasteiger partial charge on any atom is -0.371 e. The van der Waals surface area contributed by atoms with E-state index in [2.05, 4.69) is 34.6 Å². The Morgan fingerprint density at radius 2 is 1.64 bits per heavy atom. The highest BCUT2D eigenvalue weighted by atomic mass is 16.5. The van der Waals surface area contributed by atoms with E-state index in [-0.39, 0.29) is 0 Å². The van der Waals surface area contributed by atoms with Crippen molar-refractivity contribution in [1.29, 1.82) is 0 Å². The first-order valence-corrected chi connectivity index (χ1v) is 13.0. The summed E-state index contributed by atoms with van der Waals surface area (Å²) in [6, 6.07) is 0. The Morgan fingerprint density at radius 1 is 0.857 bits per heavy atom. The summed E-state index contributed by atoms with van der Waals surface area (Å²) in [6.07, 6.45) is 18.1. The second-order valence-electron chi connectivity index (χ2n) is 12.8. The van der Waals surface area contributed by atoms with E-state index in [1.165, 1.54) is 77.0 Å².